The Morgan fingerprint density at radius 2 is 1.81 bits per heavy atom. The highest BCUT2D eigenvalue weighted by Crippen LogP contribution is 2.31. The number of rotatable bonds is 5. The fourth-order valence-electron chi connectivity index (χ4n) is 2.89. The number of thioether (sulfide) groups is 1. The molecule has 0 spiro atoms. The van der Waals surface area contributed by atoms with Crippen LogP contribution in [0.15, 0.2) is 34.2 Å². The molecule has 0 amide bonds. The number of fused-ring (bicyclic) bond motifs is 1. The summed E-state index contributed by atoms with van der Waals surface area (Å²) in [6.45, 7) is 9.56. The van der Waals surface area contributed by atoms with Gasteiger partial charge in [-0.15, -0.1) is 11.3 Å². The maximum Gasteiger partial charge on any atom is 0.263 e. The molecule has 0 saturated carbocycles. The van der Waals surface area contributed by atoms with Gasteiger partial charge in [0.05, 0.1) is 10.6 Å². The second kappa shape index (κ2) is 7.56. The lowest BCUT2D eigenvalue weighted by atomic mass is 10.1. The molecule has 0 unspecified atom stereocenters. The number of halogens is 1. The van der Waals surface area contributed by atoms with Gasteiger partial charge in [0.25, 0.3) is 5.56 Å². The molecule has 0 aliphatic rings. The topological polar surface area (TPSA) is 52.0 Å². The molecule has 0 saturated heterocycles. The van der Waals surface area contributed by atoms with E-state index in [9.17, 15) is 14.0 Å². The minimum Gasteiger partial charge on any atom is -0.293 e. The number of aryl methyl sites for hydroxylation is 2. The molecule has 3 rings (SSSR count). The Morgan fingerprint density at radius 3 is 2.41 bits per heavy atom. The Bertz CT molecular complexity index is 1070. The molecule has 0 bridgehead atoms. The summed E-state index contributed by atoms with van der Waals surface area (Å²) in [6, 6.07) is 5.43. The third kappa shape index (κ3) is 3.71. The van der Waals surface area contributed by atoms with E-state index in [1.807, 2.05) is 27.7 Å². The molecule has 4 nitrogen and oxygen atoms in total. The SMILES string of the molecule is Cc1sc2nc(S[C@@H](C)C(=O)c3ccc(F)cc3)n(C(C)C)c(=O)c2c1C. The second-order valence-corrected chi connectivity index (χ2v) is 9.27. The average molecular weight is 405 g/mol. The lowest BCUT2D eigenvalue weighted by Gasteiger charge is -2.17. The van der Waals surface area contributed by atoms with Crippen molar-refractivity contribution in [3.8, 4) is 0 Å². The van der Waals surface area contributed by atoms with Gasteiger partial charge in [-0.2, -0.15) is 0 Å². The highest BCUT2D eigenvalue weighted by molar-refractivity contribution is 8.00. The summed E-state index contributed by atoms with van der Waals surface area (Å²) in [5.74, 6) is -0.501. The van der Waals surface area contributed by atoms with Gasteiger partial charge in [0.1, 0.15) is 10.6 Å². The first-order valence-corrected chi connectivity index (χ1v) is 10.4. The molecule has 142 valence electrons. The summed E-state index contributed by atoms with van der Waals surface area (Å²) in [5.41, 5.74) is 1.34. The molecule has 27 heavy (non-hydrogen) atoms. The van der Waals surface area contributed by atoms with Crippen LogP contribution in [0.4, 0.5) is 4.39 Å². The van der Waals surface area contributed by atoms with Crippen LogP contribution in [0.25, 0.3) is 10.2 Å². The van der Waals surface area contributed by atoms with Crippen molar-refractivity contribution in [3.05, 3.63) is 56.4 Å². The maximum atomic E-state index is 13.1. The van der Waals surface area contributed by atoms with Gasteiger partial charge in [-0.1, -0.05) is 11.8 Å². The summed E-state index contributed by atoms with van der Waals surface area (Å²) in [7, 11) is 0. The molecule has 7 heteroatoms. The van der Waals surface area contributed by atoms with Crippen molar-refractivity contribution in [1.29, 1.82) is 0 Å². The quantitative estimate of drug-likeness (QED) is 0.335. The van der Waals surface area contributed by atoms with Gasteiger partial charge in [0.2, 0.25) is 0 Å². The van der Waals surface area contributed by atoms with Crippen molar-refractivity contribution in [3.63, 3.8) is 0 Å². The van der Waals surface area contributed by atoms with Crippen LogP contribution >= 0.6 is 23.1 Å². The van der Waals surface area contributed by atoms with E-state index in [1.165, 1.54) is 47.4 Å². The van der Waals surface area contributed by atoms with Crippen molar-refractivity contribution in [1.82, 2.24) is 9.55 Å². The van der Waals surface area contributed by atoms with Crippen LogP contribution in [0.2, 0.25) is 0 Å². The van der Waals surface area contributed by atoms with Crippen molar-refractivity contribution in [2.45, 2.75) is 51.1 Å². The number of Topliss-reactive ketones (excluding diaryl/α,β-unsaturated/α-hetero) is 1. The molecule has 0 radical (unpaired) electrons. The smallest absolute Gasteiger partial charge is 0.263 e. The molecular formula is C20H21FN2O2S2. The Labute approximate surface area is 165 Å². The zero-order chi connectivity index (χ0) is 19.9. The first kappa shape index (κ1) is 19.8. The van der Waals surface area contributed by atoms with Crippen LogP contribution in [-0.2, 0) is 0 Å². The number of carbonyl (C=O) groups is 1. The lowest BCUT2D eigenvalue weighted by Crippen LogP contribution is -2.26. The number of benzene rings is 1. The Balaban J connectivity index is 2.03. The summed E-state index contributed by atoms with van der Waals surface area (Å²) in [6.07, 6.45) is 0. The minimum atomic E-state index is -0.452. The van der Waals surface area contributed by atoms with Gasteiger partial charge in [-0.05, 0) is 64.4 Å². The lowest BCUT2D eigenvalue weighted by molar-refractivity contribution is 0.0993. The highest BCUT2D eigenvalue weighted by atomic mass is 32.2. The molecule has 2 heterocycles. The normalized spacial score (nSPS) is 12.7. The molecule has 0 fully saturated rings. The molecule has 0 N–H and O–H groups in total. The predicted octanol–water partition coefficient (Wildman–Crippen LogP) is 5.16. The van der Waals surface area contributed by atoms with Crippen LogP contribution < -0.4 is 5.56 Å². The van der Waals surface area contributed by atoms with E-state index < -0.39 is 5.25 Å². The van der Waals surface area contributed by atoms with Crippen LogP contribution in [0.5, 0.6) is 0 Å². The van der Waals surface area contributed by atoms with Crippen LogP contribution in [0.1, 0.15) is 47.6 Å². The molecule has 1 aromatic carbocycles. The Hall–Kier alpha value is -1.99. The van der Waals surface area contributed by atoms with E-state index in [-0.39, 0.29) is 23.2 Å². The predicted molar refractivity (Wildman–Crippen MR) is 110 cm³/mol. The molecule has 2 aromatic heterocycles. The van der Waals surface area contributed by atoms with Crippen LogP contribution in [0, 0.1) is 19.7 Å². The van der Waals surface area contributed by atoms with Gasteiger partial charge in [0.15, 0.2) is 10.9 Å². The first-order chi connectivity index (χ1) is 12.7. The number of nitrogens with zero attached hydrogens (tertiary/aromatic N) is 2. The third-order valence-electron chi connectivity index (χ3n) is 4.50. The summed E-state index contributed by atoms with van der Waals surface area (Å²) < 4.78 is 14.8. The van der Waals surface area contributed by atoms with E-state index in [2.05, 4.69) is 0 Å². The van der Waals surface area contributed by atoms with Crippen molar-refractivity contribution in [2.24, 2.45) is 0 Å². The van der Waals surface area contributed by atoms with Crippen molar-refractivity contribution < 1.29 is 9.18 Å². The van der Waals surface area contributed by atoms with Gasteiger partial charge < -0.3 is 0 Å². The van der Waals surface area contributed by atoms with Crippen molar-refractivity contribution >= 4 is 39.1 Å². The van der Waals surface area contributed by atoms with E-state index in [4.69, 9.17) is 4.98 Å². The molecule has 3 aromatic rings. The van der Waals surface area contributed by atoms with E-state index >= 15 is 0 Å². The van der Waals surface area contributed by atoms with Gasteiger partial charge in [0, 0.05) is 16.5 Å². The number of carbonyl (C=O) groups excluding carboxylic acids is 1. The van der Waals surface area contributed by atoms with E-state index in [0.29, 0.717) is 20.9 Å². The van der Waals surface area contributed by atoms with Crippen molar-refractivity contribution in [2.75, 3.05) is 0 Å². The number of thiophene rings is 1. The van der Waals surface area contributed by atoms with Crippen LogP contribution in [-0.4, -0.2) is 20.6 Å². The zero-order valence-corrected chi connectivity index (χ0v) is 17.5. The Kier molecular flexibility index (Phi) is 5.53. The largest absolute Gasteiger partial charge is 0.293 e. The molecule has 0 aliphatic heterocycles. The van der Waals surface area contributed by atoms with Crippen LogP contribution in [0.3, 0.4) is 0 Å². The summed E-state index contributed by atoms with van der Waals surface area (Å²) in [5, 5.41) is 0.742. The summed E-state index contributed by atoms with van der Waals surface area (Å²) >= 11 is 2.76. The first-order valence-electron chi connectivity index (χ1n) is 8.69. The second-order valence-electron chi connectivity index (χ2n) is 6.76. The average Bonchev–Trinajstić information content (AvgIpc) is 2.89. The Morgan fingerprint density at radius 1 is 1.19 bits per heavy atom. The molecule has 0 aliphatic carbocycles. The van der Waals surface area contributed by atoms with Gasteiger partial charge in [-0.25, -0.2) is 9.37 Å². The molecule has 1 atom stereocenters. The molecular weight excluding hydrogens is 383 g/mol. The van der Waals surface area contributed by atoms with E-state index in [1.54, 1.807) is 11.5 Å². The number of aromatic nitrogens is 2. The van der Waals surface area contributed by atoms with Gasteiger partial charge in [-0.3, -0.25) is 14.2 Å². The number of ketones is 1. The minimum absolute atomic E-state index is 0.0687. The number of hydrogen-bond donors (Lipinski definition) is 0. The standard InChI is InChI=1S/C20H21FN2O2S2/c1-10(2)23-19(25)16-11(3)12(4)26-18(16)22-20(23)27-13(5)17(24)14-6-8-15(21)9-7-14/h6-10,13H,1-5H3/t13-/m0/s1. The fourth-order valence-corrected chi connectivity index (χ4v) is 5.07. The monoisotopic (exact) mass is 404 g/mol. The maximum absolute atomic E-state index is 13.1. The highest BCUT2D eigenvalue weighted by Gasteiger charge is 2.23. The number of hydrogen-bond acceptors (Lipinski definition) is 5. The summed E-state index contributed by atoms with van der Waals surface area (Å²) in [4.78, 5) is 32.2. The fraction of sp³-hybridized carbons (Fsp3) is 0.350. The van der Waals surface area contributed by atoms with E-state index in [0.717, 1.165) is 10.4 Å². The van der Waals surface area contributed by atoms with Gasteiger partial charge >= 0.3 is 0 Å². The third-order valence-corrected chi connectivity index (χ3v) is 6.67. The zero-order valence-electron chi connectivity index (χ0n) is 15.9.